The van der Waals surface area contributed by atoms with Gasteiger partial charge in [-0.05, 0) is 18.6 Å². The molecule has 0 bridgehead atoms. The maximum absolute atomic E-state index is 10.7. The van der Waals surface area contributed by atoms with Crippen molar-refractivity contribution in [3.63, 3.8) is 0 Å². The highest BCUT2D eigenvalue weighted by Gasteiger charge is 2.10. The lowest BCUT2D eigenvalue weighted by Gasteiger charge is -2.07. The van der Waals surface area contributed by atoms with Crippen LogP contribution in [0.2, 0.25) is 0 Å². The largest absolute Gasteiger partial charge is 0.437 e. The zero-order valence-electron chi connectivity index (χ0n) is 10.9. The average Bonchev–Trinajstić information content (AvgIpc) is 2.49. The van der Waals surface area contributed by atoms with Crippen LogP contribution >= 0.6 is 0 Å². The van der Waals surface area contributed by atoms with Crippen LogP contribution in [0.5, 0.6) is 11.6 Å². The van der Waals surface area contributed by atoms with Crippen LogP contribution in [0.25, 0.3) is 0 Å². The minimum absolute atomic E-state index is 0.0202. The normalized spacial score (nSPS) is 11.2. The summed E-state index contributed by atoms with van der Waals surface area (Å²) >= 11 is 0. The van der Waals surface area contributed by atoms with Crippen LogP contribution in [-0.2, 0) is 0 Å². The molecule has 3 N–H and O–H groups in total. The summed E-state index contributed by atoms with van der Waals surface area (Å²) in [6, 6.07) is 4.21. The fraction of sp³-hybridized carbons (Fsp3) is 0.0833. The minimum Gasteiger partial charge on any atom is -0.437 e. The van der Waals surface area contributed by atoms with Crippen LogP contribution in [0, 0.1) is 17.0 Å². The van der Waals surface area contributed by atoms with Crippen LogP contribution in [0.1, 0.15) is 11.3 Å². The molecule has 0 amide bonds. The van der Waals surface area contributed by atoms with Gasteiger partial charge in [0, 0.05) is 12.1 Å². The maximum Gasteiger partial charge on any atom is 0.269 e. The van der Waals surface area contributed by atoms with Gasteiger partial charge in [0.1, 0.15) is 11.4 Å². The number of non-ortho nitro benzene ring substituents is 1. The van der Waals surface area contributed by atoms with Gasteiger partial charge in [0.15, 0.2) is 5.84 Å². The third kappa shape index (κ3) is 3.21. The molecular weight excluding hydrogens is 278 g/mol. The highest BCUT2D eigenvalue weighted by Crippen LogP contribution is 2.26. The lowest BCUT2D eigenvalue weighted by Crippen LogP contribution is -2.15. The van der Waals surface area contributed by atoms with E-state index in [2.05, 4.69) is 15.1 Å². The zero-order valence-corrected chi connectivity index (χ0v) is 10.9. The van der Waals surface area contributed by atoms with Gasteiger partial charge in [0.2, 0.25) is 5.88 Å². The third-order valence-electron chi connectivity index (χ3n) is 2.58. The number of aromatic nitrogens is 2. The van der Waals surface area contributed by atoms with Gasteiger partial charge >= 0.3 is 0 Å². The van der Waals surface area contributed by atoms with Crippen LogP contribution < -0.4 is 10.5 Å². The van der Waals surface area contributed by atoms with Crippen molar-refractivity contribution >= 4 is 11.5 Å². The van der Waals surface area contributed by atoms with E-state index in [0.717, 1.165) is 0 Å². The lowest BCUT2D eigenvalue weighted by molar-refractivity contribution is -0.384. The van der Waals surface area contributed by atoms with E-state index in [9.17, 15) is 10.1 Å². The van der Waals surface area contributed by atoms with Crippen molar-refractivity contribution in [1.82, 2.24) is 9.97 Å². The molecule has 2 aromatic rings. The quantitative estimate of drug-likeness (QED) is 0.286. The average molecular weight is 289 g/mol. The summed E-state index contributed by atoms with van der Waals surface area (Å²) < 4.78 is 5.47. The first kappa shape index (κ1) is 14.2. The van der Waals surface area contributed by atoms with Gasteiger partial charge in [0.25, 0.3) is 5.69 Å². The van der Waals surface area contributed by atoms with Gasteiger partial charge in [-0.15, -0.1) is 0 Å². The number of hydrogen-bond donors (Lipinski definition) is 2. The van der Waals surface area contributed by atoms with Crippen molar-refractivity contribution in [2.24, 2.45) is 10.9 Å². The number of hydrogen-bond acceptors (Lipinski definition) is 7. The summed E-state index contributed by atoms with van der Waals surface area (Å²) in [5.41, 5.74) is 6.13. The molecule has 9 heteroatoms. The number of oxime groups is 1. The number of aryl methyl sites for hydroxylation is 1. The van der Waals surface area contributed by atoms with E-state index in [-0.39, 0.29) is 23.1 Å². The van der Waals surface area contributed by atoms with Crippen LogP contribution in [0.15, 0.2) is 35.7 Å². The molecule has 0 radical (unpaired) electrons. The molecule has 0 aliphatic rings. The predicted octanol–water partition coefficient (Wildman–Crippen LogP) is 1.58. The Bertz CT molecular complexity index is 699. The van der Waals surface area contributed by atoms with Crippen molar-refractivity contribution in [3.8, 4) is 11.6 Å². The van der Waals surface area contributed by atoms with Crippen molar-refractivity contribution in [3.05, 3.63) is 52.0 Å². The molecule has 0 spiro atoms. The summed E-state index contributed by atoms with van der Waals surface area (Å²) in [5.74, 6) is 0.438. The molecule has 0 aliphatic carbocycles. The molecule has 1 aromatic carbocycles. The number of nitrogens with two attached hydrogens (primary N) is 1. The standard InChI is InChI=1S/C12H11N5O4/c1-7-4-8(17(19)20)2-3-10(7)21-11-6-14-9(5-15-11)12(13)16-18/h2-6,18H,1H3,(H2,13,16). The molecule has 0 unspecified atom stereocenters. The summed E-state index contributed by atoms with van der Waals surface area (Å²) in [6.07, 6.45) is 2.58. The summed E-state index contributed by atoms with van der Waals surface area (Å²) in [6.45, 7) is 1.68. The second-order valence-electron chi connectivity index (χ2n) is 4.03. The van der Waals surface area contributed by atoms with Gasteiger partial charge in [-0.1, -0.05) is 5.16 Å². The Morgan fingerprint density at radius 1 is 1.43 bits per heavy atom. The molecule has 0 saturated heterocycles. The molecule has 0 saturated carbocycles. The van der Waals surface area contributed by atoms with E-state index in [0.29, 0.717) is 11.3 Å². The number of ether oxygens (including phenoxy) is 1. The van der Waals surface area contributed by atoms with E-state index in [1.165, 1.54) is 30.6 Å². The molecule has 0 fully saturated rings. The number of amidine groups is 1. The van der Waals surface area contributed by atoms with Crippen molar-refractivity contribution in [2.45, 2.75) is 6.92 Å². The molecule has 2 rings (SSSR count). The molecule has 1 aromatic heterocycles. The Hall–Kier alpha value is -3.23. The molecule has 9 nitrogen and oxygen atoms in total. The third-order valence-corrected chi connectivity index (χ3v) is 2.58. The van der Waals surface area contributed by atoms with Crippen LogP contribution in [0.4, 0.5) is 5.69 Å². The molecule has 21 heavy (non-hydrogen) atoms. The van der Waals surface area contributed by atoms with Crippen molar-refractivity contribution < 1.29 is 14.9 Å². The van der Waals surface area contributed by atoms with Crippen LogP contribution in [-0.4, -0.2) is 25.9 Å². The van der Waals surface area contributed by atoms with Gasteiger partial charge in [-0.3, -0.25) is 10.1 Å². The van der Waals surface area contributed by atoms with E-state index < -0.39 is 4.92 Å². The van der Waals surface area contributed by atoms with Gasteiger partial charge in [0.05, 0.1) is 17.3 Å². The highest BCUT2D eigenvalue weighted by molar-refractivity contribution is 5.94. The Balaban J connectivity index is 2.20. The Labute approximate surface area is 118 Å². The smallest absolute Gasteiger partial charge is 0.269 e. The maximum atomic E-state index is 10.7. The molecular formula is C12H11N5O4. The predicted molar refractivity (Wildman–Crippen MR) is 72.5 cm³/mol. The lowest BCUT2D eigenvalue weighted by atomic mass is 10.2. The first-order valence-electron chi connectivity index (χ1n) is 5.74. The van der Waals surface area contributed by atoms with Crippen molar-refractivity contribution in [1.29, 1.82) is 0 Å². The number of nitro groups is 1. The number of nitro benzene ring substituents is 1. The Morgan fingerprint density at radius 2 is 2.19 bits per heavy atom. The Morgan fingerprint density at radius 3 is 2.71 bits per heavy atom. The first-order valence-corrected chi connectivity index (χ1v) is 5.74. The summed E-state index contributed by atoms with van der Waals surface area (Å²) in [7, 11) is 0. The van der Waals surface area contributed by atoms with E-state index in [4.69, 9.17) is 15.7 Å². The monoisotopic (exact) mass is 289 g/mol. The fourth-order valence-corrected chi connectivity index (χ4v) is 1.53. The van der Waals surface area contributed by atoms with E-state index in [1.54, 1.807) is 6.92 Å². The van der Waals surface area contributed by atoms with Gasteiger partial charge in [-0.25, -0.2) is 9.97 Å². The second-order valence-corrected chi connectivity index (χ2v) is 4.03. The number of benzene rings is 1. The van der Waals surface area contributed by atoms with Gasteiger partial charge in [-0.2, -0.15) is 0 Å². The fourth-order valence-electron chi connectivity index (χ4n) is 1.53. The van der Waals surface area contributed by atoms with Crippen molar-refractivity contribution in [2.75, 3.05) is 0 Å². The van der Waals surface area contributed by atoms with E-state index in [1.807, 2.05) is 0 Å². The topological polar surface area (TPSA) is 137 Å². The minimum atomic E-state index is -0.484. The summed E-state index contributed by atoms with van der Waals surface area (Å²) in [4.78, 5) is 18.0. The van der Waals surface area contributed by atoms with E-state index >= 15 is 0 Å². The molecule has 1 heterocycles. The zero-order chi connectivity index (χ0) is 15.4. The first-order chi connectivity index (χ1) is 10.0. The second kappa shape index (κ2) is 5.82. The van der Waals surface area contributed by atoms with Gasteiger partial charge < -0.3 is 15.7 Å². The summed E-state index contributed by atoms with van der Waals surface area (Å²) in [5, 5.41) is 22.0. The molecule has 108 valence electrons. The Kier molecular flexibility index (Phi) is 3.93. The molecule has 0 atom stereocenters. The van der Waals surface area contributed by atoms with Crippen LogP contribution in [0.3, 0.4) is 0 Å². The molecule has 0 aliphatic heterocycles. The SMILES string of the molecule is Cc1cc([N+](=O)[O-])ccc1Oc1cnc(/C(N)=N/O)cn1. The number of nitrogens with zero attached hydrogens (tertiary/aromatic N) is 4. The highest BCUT2D eigenvalue weighted by atomic mass is 16.6. The number of rotatable bonds is 4.